The van der Waals surface area contributed by atoms with E-state index in [1.807, 2.05) is 0 Å². The van der Waals surface area contributed by atoms with Gasteiger partial charge in [-0.05, 0) is 30.3 Å². The predicted molar refractivity (Wildman–Crippen MR) is 97.2 cm³/mol. The maximum Gasteiger partial charge on any atom is 0.416 e. The van der Waals surface area contributed by atoms with Crippen molar-refractivity contribution in [2.24, 2.45) is 0 Å². The second-order valence-electron chi connectivity index (χ2n) is 5.83. The van der Waals surface area contributed by atoms with Gasteiger partial charge in [-0.3, -0.25) is 15.0 Å². The Kier molecular flexibility index (Phi) is 5.21. The monoisotopic (exact) mass is 388 g/mol. The standard InChI is InChI=1S/C20H15F3N2O3/c1-2-10-28-17-9-4-3-6-13(17)11-16-18(26)24-25(19(16)27)15-8-5-7-14(12-15)20(21,22)23/h2-9,11-12H,1,10H2,(H,24,26)/b16-11-. The average molecular weight is 388 g/mol. The van der Waals surface area contributed by atoms with Crippen LogP contribution in [0.3, 0.4) is 0 Å². The average Bonchev–Trinajstić information content (AvgIpc) is 2.95. The Balaban J connectivity index is 1.93. The highest BCUT2D eigenvalue weighted by Crippen LogP contribution is 2.32. The first-order valence-corrected chi connectivity index (χ1v) is 8.18. The van der Waals surface area contributed by atoms with E-state index in [1.165, 1.54) is 12.1 Å². The molecule has 0 aromatic heterocycles. The summed E-state index contributed by atoms with van der Waals surface area (Å²) in [6.45, 7) is 3.79. The number of benzene rings is 2. The molecule has 0 bridgehead atoms. The number of carbonyl (C=O) groups is 2. The molecule has 0 unspecified atom stereocenters. The minimum atomic E-state index is -4.57. The first-order chi connectivity index (χ1) is 13.3. The maximum atomic E-state index is 12.9. The van der Waals surface area contributed by atoms with Crippen LogP contribution in [-0.2, 0) is 15.8 Å². The summed E-state index contributed by atoms with van der Waals surface area (Å²) < 4.78 is 44.2. The lowest BCUT2D eigenvalue weighted by molar-refractivity contribution is -0.137. The van der Waals surface area contributed by atoms with E-state index in [9.17, 15) is 22.8 Å². The zero-order valence-electron chi connectivity index (χ0n) is 14.5. The van der Waals surface area contributed by atoms with Crippen LogP contribution >= 0.6 is 0 Å². The molecule has 0 radical (unpaired) electrons. The summed E-state index contributed by atoms with van der Waals surface area (Å²) in [6.07, 6.45) is -1.68. The predicted octanol–water partition coefficient (Wildman–Crippen LogP) is 3.73. The number of hydrogen-bond donors (Lipinski definition) is 1. The van der Waals surface area contributed by atoms with Crippen LogP contribution in [0.2, 0.25) is 0 Å². The highest BCUT2D eigenvalue weighted by atomic mass is 19.4. The number of carbonyl (C=O) groups excluding carboxylic acids is 2. The molecule has 2 aromatic carbocycles. The van der Waals surface area contributed by atoms with Crippen LogP contribution in [-0.4, -0.2) is 18.4 Å². The van der Waals surface area contributed by atoms with Gasteiger partial charge in [0.25, 0.3) is 11.8 Å². The summed E-state index contributed by atoms with van der Waals surface area (Å²) in [5.41, 5.74) is 1.53. The Hall–Kier alpha value is -3.55. The highest BCUT2D eigenvalue weighted by Gasteiger charge is 2.36. The SMILES string of the molecule is C=CCOc1ccccc1/C=C1/C(=O)NN(c2cccc(C(F)(F)F)c2)C1=O. The number of amides is 2. The van der Waals surface area contributed by atoms with Crippen LogP contribution < -0.4 is 15.2 Å². The lowest BCUT2D eigenvalue weighted by Gasteiger charge is -2.16. The first-order valence-electron chi connectivity index (χ1n) is 8.18. The van der Waals surface area contributed by atoms with Crippen molar-refractivity contribution in [2.75, 3.05) is 11.6 Å². The second kappa shape index (κ2) is 7.59. The fraction of sp³-hybridized carbons (Fsp3) is 0.100. The van der Waals surface area contributed by atoms with Crippen molar-refractivity contribution in [3.05, 3.63) is 77.9 Å². The van der Waals surface area contributed by atoms with E-state index in [2.05, 4.69) is 12.0 Å². The number of anilines is 1. The van der Waals surface area contributed by atoms with Gasteiger partial charge in [0, 0.05) is 5.56 Å². The summed E-state index contributed by atoms with van der Waals surface area (Å²) in [7, 11) is 0. The minimum absolute atomic E-state index is 0.0900. The van der Waals surface area contributed by atoms with E-state index in [1.54, 1.807) is 30.3 Å². The quantitative estimate of drug-likeness (QED) is 0.482. The molecule has 2 amide bonds. The Bertz CT molecular complexity index is 967. The van der Waals surface area contributed by atoms with Crippen molar-refractivity contribution >= 4 is 23.6 Å². The third-order valence-corrected chi connectivity index (χ3v) is 3.90. The molecule has 1 N–H and O–H groups in total. The Morgan fingerprint density at radius 1 is 1.11 bits per heavy atom. The smallest absolute Gasteiger partial charge is 0.416 e. The van der Waals surface area contributed by atoms with Gasteiger partial charge in [-0.15, -0.1) is 0 Å². The van der Waals surface area contributed by atoms with Gasteiger partial charge >= 0.3 is 6.18 Å². The molecule has 0 saturated carbocycles. The van der Waals surface area contributed by atoms with Crippen LogP contribution in [0.15, 0.2) is 66.8 Å². The molecule has 28 heavy (non-hydrogen) atoms. The minimum Gasteiger partial charge on any atom is -0.489 e. The molecule has 0 atom stereocenters. The molecule has 1 aliphatic heterocycles. The van der Waals surface area contributed by atoms with Crippen LogP contribution in [0.25, 0.3) is 6.08 Å². The lowest BCUT2D eigenvalue weighted by Crippen LogP contribution is -2.35. The van der Waals surface area contributed by atoms with Crippen LogP contribution in [0.4, 0.5) is 18.9 Å². The molecule has 1 heterocycles. The van der Waals surface area contributed by atoms with Gasteiger partial charge in [0.15, 0.2) is 0 Å². The normalized spacial score (nSPS) is 15.7. The summed E-state index contributed by atoms with van der Waals surface area (Å²) in [6, 6.07) is 10.9. The van der Waals surface area contributed by atoms with Crippen molar-refractivity contribution in [1.29, 1.82) is 0 Å². The van der Waals surface area contributed by atoms with Gasteiger partial charge in [0.05, 0.1) is 11.3 Å². The van der Waals surface area contributed by atoms with E-state index in [-0.39, 0.29) is 17.9 Å². The van der Waals surface area contributed by atoms with E-state index < -0.39 is 23.6 Å². The highest BCUT2D eigenvalue weighted by molar-refractivity contribution is 6.31. The molecule has 1 saturated heterocycles. The third kappa shape index (κ3) is 3.90. The zero-order valence-corrected chi connectivity index (χ0v) is 14.5. The van der Waals surface area contributed by atoms with Gasteiger partial charge in [-0.2, -0.15) is 13.2 Å². The van der Waals surface area contributed by atoms with E-state index in [0.29, 0.717) is 11.3 Å². The number of hydrazine groups is 1. The molecular formula is C20H15F3N2O3. The maximum absolute atomic E-state index is 12.9. The summed E-state index contributed by atoms with van der Waals surface area (Å²) in [5, 5.41) is 0.788. The largest absolute Gasteiger partial charge is 0.489 e. The van der Waals surface area contributed by atoms with Crippen molar-refractivity contribution in [2.45, 2.75) is 6.18 Å². The molecule has 2 aromatic rings. The molecule has 8 heteroatoms. The summed E-state index contributed by atoms with van der Waals surface area (Å²) in [4.78, 5) is 24.9. The van der Waals surface area contributed by atoms with Gasteiger partial charge in [-0.25, -0.2) is 5.01 Å². The number of hydrogen-bond acceptors (Lipinski definition) is 3. The van der Waals surface area contributed by atoms with Gasteiger partial charge in [0.2, 0.25) is 0 Å². The van der Waals surface area contributed by atoms with E-state index in [0.717, 1.165) is 23.2 Å². The number of para-hydroxylation sites is 1. The van der Waals surface area contributed by atoms with E-state index >= 15 is 0 Å². The van der Waals surface area contributed by atoms with Gasteiger partial charge in [-0.1, -0.05) is 36.9 Å². The number of nitrogens with one attached hydrogen (secondary N) is 1. The second-order valence-corrected chi connectivity index (χ2v) is 5.83. The zero-order chi connectivity index (χ0) is 20.3. The Morgan fingerprint density at radius 2 is 1.86 bits per heavy atom. The van der Waals surface area contributed by atoms with Crippen LogP contribution in [0.1, 0.15) is 11.1 Å². The molecule has 3 rings (SSSR count). The fourth-order valence-corrected chi connectivity index (χ4v) is 2.60. The first kappa shape index (κ1) is 19.2. The van der Waals surface area contributed by atoms with Crippen molar-refractivity contribution in [1.82, 2.24) is 5.43 Å². The van der Waals surface area contributed by atoms with E-state index in [4.69, 9.17) is 4.74 Å². The number of rotatable bonds is 5. The van der Waals surface area contributed by atoms with Crippen molar-refractivity contribution in [3.8, 4) is 5.75 Å². The number of ether oxygens (including phenoxy) is 1. The molecule has 5 nitrogen and oxygen atoms in total. The third-order valence-electron chi connectivity index (χ3n) is 3.90. The topological polar surface area (TPSA) is 58.6 Å². The molecule has 0 spiro atoms. The van der Waals surface area contributed by atoms with Crippen molar-refractivity contribution in [3.63, 3.8) is 0 Å². The molecule has 1 fully saturated rings. The molecule has 144 valence electrons. The number of halogens is 3. The van der Waals surface area contributed by atoms with Crippen molar-refractivity contribution < 1.29 is 27.5 Å². The Morgan fingerprint density at radius 3 is 2.57 bits per heavy atom. The molecule has 1 aliphatic rings. The fourth-order valence-electron chi connectivity index (χ4n) is 2.60. The summed E-state index contributed by atoms with van der Waals surface area (Å²) >= 11 is 0. The van der Waals surface area contributed by atoms with Gasteiger partial charge < -0.3 is 4.74 Å². The van der Waals surface area contributed by atoms with Gasteiger partial charge in [0.1, 0.15) is 17.9 Å². The summed E-state index contributed by atoms with van der Waals surface area (Å²) in [5.74, 6) is -1.04. The van der Waals surface area contributed by atoms with Crippen LogP contribution in [0, 0.1) is 0 Å². The molecular weight excluding hydrogens is 373 g/mol. The number of nitrogens with zero attached hydrogens (tertiary/aromatic N) is 1. The number of alkyl halides is 3. The van der Waals surface area contributed by atoms with Crippen LogP contribution in [0.5, 0.6) is 5.75 Å². The molecule has 0 aliphatic carbocycles. The Labute approximate surface area is 158 Å². The lowest BCUT2D eigenvalue weighted by atomic mass is 10.1.